The fraction of sp³-hybridized carbons (Fsp3) is 0.0455. The van der Waals surface area contributed by atoms with Crippen LogP contribution >= 0.6 is 11.3 Å². The molecule has 0 bridgehead atoms. The Morgan fingerprint density at radius 1 is 1.00 bits per heavy atom. The van der Waals surface area contributed by atoms with E-state index in [0.29, 0.717) is 34.1 Å². The fourth-order valence-electron chi connectivity index (χ4n) is 3.61. The number of aromatic nitrogens is 7. The van der Waals surface area contributed by atoms with E-state index in [1.807, 2.05) is 18.2 Å². The molecule has 2 N–H and O–H groups in total. The first-order valence-corrected chi connectivity index (χ1v) is 10.5. The Labute approximate surface area is 184 Å². The van der Waals surface area contributed by atoms with Crippen LogP contribution in [-0.4, -0.2) is 42.2 Å². The molecule has 0 spiro atoms. The van der Waals surface area contributed by atoms with E-state index in [0.717, 1.165) is 38.3 Å². The number of nitrogens with one attached hydrogen (secondary N) is 2. The largest absolute Gasteiger partial charge is 0.495 e. The van der Waals surface area contributed by atoms with Crippen molar-refractivity contribution in [2.45, 2.75) is 0 Å². The predicted molar refractivity (Wildman–Crippen MR) is 120 cm³/mol. The van der Waals surface area contributed by atoms with Gasteiger partial charge in [0, 0.05) is 40.2 Å². The van der Waals surface area contributed by atoms with Gasteiger partial charge >= 0.3 is 0 Å². The lowest BCUT2D eigenvalue weighted by molar-refractivity contribution is 0.413. The Balaban J connectivity index is 1.49. The number of rotatable bonds is 4. The van der Waals surface area contributed by atoms with Gasteiger partial charge in [0.1, 0.15) is 17.0 Å². The number of thiophene rings is 1. The molecule has 0 saturated heterocycles. The van der Waals surface area contributed by atoms with Crippen molar-refractivity contribution in [3.8, 4) is 38.8 Å². The number of imidazole rings is 1. The molecule has 8 nitrogen and oxygen atoms in total. The third-order valence-electron chi connectivity index (χ3n) is 5.15. The Morgan fingerprint density at radius 3 is 2.75 bits per heavy atom. The van der Waals surface area contributed by atoms with Gasteiger partial charge in [-0.05, 0) is 30.3 Å². The number of H-pyrrole nitrogens is 2. The van der Waals surface area contributed by atoms with Crippen molar-refractivity contribution < 1.29 is 9.13 Å². The van der Waals surface area contributed by atoms with E-state index >= 15 is 0 Å². The number of ether oxygens (including phenoxy) is 1. The number of nitrogens with zero attached hydrogens (tertiary/aromatic N) is 5. The normalized spacial score (nSPS) is 11.4. The Morgan fingerprint density at radius 2 is 1.91 bits per heavy atom. The Hall–Kier alpha value is -4.18. The number of halogens is 1. The lowest BCUT2D eigenvalue weighted by Gasteiger charge is -2.04. The average Bonchev–Trinajstić information content (AvgIpc) is 3.55. The lowest BCUT2D eigenvalue weighted by atomic mass is 10.1. The van der Waals surface area contributed by atoms with E-state index in [1.165, 1.54) is 6.07 Å². The van der Waals surface area contributed by atoms with Crippen molar-refractivity contribution in [2.75, 3.05) is 7.11 Å². The van der Waals surface area contributed by atoms with Crippen molar-refractivity contribution >= 4 is 33.5 Å². The van der Waals surface area contributed by atoms with E-state index in [4.69, 9.17) is 9.72 Å². The number of hydrogen-bond donors (Lipinski definition) is 2. The summed E-state index contributed by atoms with van der Waals surface area (Å²) in [7, 11) is 1.60. The third kappa shape index (κ3) is 3.00. The summed E-state index contributed by atoms with van der Waals surface area (Å²) in [6.07, 6.45) is 6.83. The van der Waals surface area contributed by atoms with Gasteiger partial charge in [0.2, 0.25) is 0 Å². The second-order valence-electron chi connectivity index (χ2n) is 7.05. The summed E-state index contributed by atoms with van der Waals surface area (Å²) in [5.74, 6) is 1.21. The van der Waals surface area contributed by atoms with Crippen molar-refractivity contribution in [3.05, 3.63) is 60.3 Å². The minimum atomic E-state index is -0.246. The molecule has 0 aliphatic carbocycles. The van der Waals surface area contributed by atoms with E-state index < -0.39 is 0 Å². The smallest absolute Gasteiger partial charge is 0.176 e. The summed E-state index contributed by atoms with van der Waals surface area (Å²) in [5, 5.41) is 7.94. The second-order valence-corrected chi connectivity index (χ2v) is 8.08. The van der Waals surface area contributed by atoms with Crippen LogP contribution in [0.5, 0.6) is 5.75 Å². The first-order chi connectivity index (χ1) is 15.7. The van der Waals surface area contributed by atoms with Gasteiger partial charge < -0.3 is 9.72 Å². The van der Waals surface area contributed by atoms with Crippen LogP contribution in [0, 0.1) is 5.13 Å². The highest BCUT2D eigenvalue weighted by atomic mass is 32.1. The highest BCUT2D eigenvalue weighted by Gasteiger charge is 2.17. The summed E-state index contributed by atoms with van der Waals surface area (Å²) in [6.45, 7) is 0. The van der Waals surface area contributed by atoms with Crippen molar-refractivity contribution in [1.29, 1.82) is 0 Å². The summed E-state index contributed by atoms with van der Waals surface area (Å²) in [6, 6.07) is 8.89. The maximum absolute atomic E-state index is 13.6. The van der Waals surface area contributed by atoms with Gasteiger partial charge in [-0.15, -0.1) is 11.3 Å². The average molecular weight is 443 g/mol. The number of methoxy groups -OCH3 is 1. The molecule has 0 aliphatic heterocycles. The van der Waals surface area contributed by atoms with Gasteiger partial charge in [0.15, 0.2) is 22.2 Å². The van der Waals surface area contributed by atoms with Gasteiger partial charge in [0.25, 0.3) is 0 Å². The summed E-state index contributed by atoms with van der Waals surface area (Å²) in [4.78, 5) is 21.9. The van der Waals surface area contributed by atoms with Gasteiger partial charge in [-0.2, -0.15) is 9.49 Å². The molecular formula is C22H14FN7OS. The number of pyridine rings is 3. The summed E-state index contributed by atoms with van der Waals surface area (Å²) in [5.41, 5.74) is 5.06. The molecule has 0 unspecified atom stereocenters. The standard InChI is InChI=1S/C22H14FN7OS/c1-31-13-6-11(8-24-10-13)12-7-15-19(29-30-20(15)26-9-12)22-27-18-14(4-5-25-21(18)28-22)16-2-3-17(23)32-16/h2-10H,1H3,(H,25,27,28)(H,26,29,30). The van der Waals surface area contributed by atoms with Crippen LogP contribution in [0.15, 0.2) is 55.1 Å². The van der Waals surface area contributed by atoms with E-state index in [-0.39, 0.29) is 5.13 Å². The maximum Gasteiger partial charge on any atom is 0.176 e. The van der Waals surface area contributed by atoms with Gasteiger partial charge in [0.05, 0.1) is 18.7 Å². The number of fused-ring (bicyclic) bond motifs is 2. The predicted octanol–water partition coefficient (Wildman–Crippen LogP) is 4.83. The molecule has 156 valence electrons. The molecule has 6 aromatic rings. The van der Waals surface area contributed by atoms with E-state index in [9.17, 15) is 4.39 Å². The van der Waals surface area contributed by atoms with Gasteiger partial charge in [-0.1, -0.05) is 0 Å². The van der Waals surface area contributed by atoms with E-state index in [2.05, 4.69) is 30.1 Å². The Bertz CT molecular complexity index is 1600. The quantitative estimate of drug-likeness (QED) is 0.404. The maximum atomic E-state index is 13.6. The first kappa shape index (κ1) is 18.6. The minimum Gasteiger partial charge on any atom is -0.495 e. The zero-order valence-electron chi connectivity index (χ0n) is 16.6. The highest BCUT2D eigenvalue weighted by Crippen LogP contribution is 2.34. The zero-order valence-corrected chi connectivity index (χ0v) is 17.4. The zero-order chi connectivity index (χ0) is 21.7. The molecule has 6 rings (SSSR count). The molecule has 6 aromatic heterocycles. The third-order valence-corrected chi connectivity index (χ3v) is 6.05. The molecule has 32 heavy (non-hydrogen) atoms. The molecule has 0 amide bonds. The summed E-state index contributed by atoms with van der Waals surface area (Å²) < 4.78 is 18.9. The van der Waals surface area contributed by atoms with Crippen molar-refractivity contribution in [2.24, 2.45) is 0 Å². The van der Waals surface area contributed by atoms with Crippen LogP contribution in [0.25, 0.3) is 55.3 Å². The van der Waals surface area contributed by atoms with Crippen molar-refractivity contribution in [3.63, 3.8) is 0 Å². The lowest BCUT2D eigenvalue weighted by Crippen LogP contribution is -1.87. The van der Waals surface area contributed by atoms with Crippen LogP contribution in [0.4, 0.5) is 4.39 Å². The molecule has 0 saturated carbocycles. The van der Waals surface area contributed by atoms with Crippen LogP contribution < -0.4 is 4.74 Å². The molecule has 0 atom stereocenters. The highest BCUT2D eigenvalue weighted by molar-refractivity contribution is 7.14. The first-order valence-electron chi connectivity index (χ1n) is 9.64. The molecule has 0 radical (unpaired) electrons. The van der Waals surface area contributed by atoms with Crippen LogP contribution in [0.1, 0.15) is 0 Å². The van der Waals surface area contributed by atoms with Gasteiger partial charge in [-0.25, -0.2) is 15.0 Å². The molecular weight excluding hydrogens is 429 g/mol. The molecule has 0 fully saturated rings. The number of aromatic amines is 2. The van der Waals surface area contributed by atoms with E-state index in [1.54, 1.807) is 38.0 Å². The molecule has 6 heterocycles. The molecule has 0 aliphatic rings. The molecule has 10 heteroatoms. The van der Waals surface area contributed by atoms with Crippen LogP contribution in [0.3, 0.4) is 0 Å². The van der Waals surface area contributed by atoms with Gasteiger partial charge in [-0.3, -0.25) is 10.1 Å². The van der Waals surface area contributed by atoms with Crippen LogP contribution in [-0.2, 0) is 0 Å². The van der Waals surface area contributed by atoms with Crippen molar-refractivity contribution in [1.82, 2.24) is 35.1 Å². The topological polar surface area (TPSA) is 105 Å². The Kier molecular flexibility index (Phi) is 4.18. The van der Waals surface area contributed by atoms with Crippen LogP contribution in [0.2, 0.25) is 0 Å². The second kappa shape index (κ2) is 7.20. The number of hydrogen-bond acceptors (Lipinski definition) is 7. The molecule has 0 aromatic carbocycles. The summed E-state index contributed by atoms with van der Waals surface area (Å²) >= 11 is 1.07. The minimum absolute atomic E-state index is 0.246. The monoisotopic (exact) mass is 443 g/mol. The fourth-order valence-corrected chi connectivity index (χ4v) is 4.37. The SMILES string of the molecule is COc1cncc(-c2cnc3[nH]nc(-c4nc5c(-c6ccc(F)s6)ccnc5[nH]4)c3c2)c1.